The lowest BCUT2D eigenvalue weighted by atomic mass is 10.1. The Morgan fingerprint density at radius 3 is 2.96 bits per heavy atom. The van der Waals surface area contributed by atoms with Crippen LogP contribution < -0.4 is 10.2 Å². The van der Waals surface area contributed by atoms with Crippen LogP contribution in [0, 0.1) is 0 Å². The Morgan fingerprint density at radius 2 is 2.14 bits per heavy atom. The van der Waals surface area contributed by atoms with Gasteiger partial charge in [-0.3, -0.25) is 9.78 Å². The molecule has 1 aliphatic rings. The number of alkyl halides is 3. The molecule has 3 aromatic rings. The van der Waals surface area contributed by atoms with Crippen molar-refractivity contribution < 1.29 is 22.4 Å². The smallest absolute Gasteiger partial charge is 0.417 e. The van der Waals surface area contributed by atoms with Crippen molar-refractivity contribution in [2.75, 3.05) is 18.0 Å². The van der Waals surface area contributed by atoms with Gasteiger partial charge in [0.1, 0.15) is 5.52 Å². The summed E-state index contributed by atoms with van der Waals surface area (Å²) in [5.41, 5.74) is 1.79. The van der Waals surface area contributed by atoms with Gasteiger partial charge in [0.2, 0.25) is 5.91 Å². The number of aromatic nitrogens is 2. The molecule has 1 atom stereocenters. The van der Waals surface area contributed by atoms with Crippen LogP contribution in [0.5, 0.6) is 0 Å². The van der Waals surface area contributed by atoms with E-state index >= 15 is 0 Å². The van der Waals surface area contributed by atoms with E-state index in [0.29, 0.717) is 36.3 Å². The summed E-state index contributed by atoms with van der Waals surface area (Å²) >= 11 is 0. The zero-order valence-corrected chi connectivity index (χ0v) is 14.7. The van der Waals surface area contributed by atoms with Crippen molar-refractivity contribution in [3.05, 3.63) is 54.2 Å². The molecular formula is C19H17F3N4O2. The third-order valence-corrected chi connectivity index (χ3v) is 4.73. The van der Waals surface area contributed by atoms with E-state index in [1.54, 1.807) is 17.0 Å². The lowest BCUT2D eigenvalue weighted by Crippen LogP contribution is -2.38. The molecule has 1 saturated heterocycles. The molecule has 0 bridgehead atoms. The summed E-state index contributed by atoms with van der Waals surface area (Å²) in [7, 11) is 0. The number of oxazole rings is 1. The number of amides is 1. The number of carbonyl (C=O) groups is 1. The normalized spacial score (nSPS) is 17.2. The van der Waals surface area contributed by atoms with Crippen LogP contribution >= 0.6 is 0 Å². The van der Waals surface area contributed by atoms with Gasteiger partial charge in [0.15, 0.2) is 12.0 Å². The number of nitrogens with zero attached hydrogens (tertiary/aromatic N) is 3. The molecule has 146 valence electrons. The second-order valence-corrected chi connectivity index (χ2v) is 6.76. The Labute approximate surface area is 158 Å². The Bertz CT molecular complexity index is 1000. The van der Waals surface area contributed by atoms with Crippen LogP contribution in [0.3, 0.4) is 0 Å². The van der Waals surface area contributed by atoms with E-state index in [2.05, 4.69) is 15.3 Å². The van der Waals surface area contributed by atoms with Gasteiger partial charge >= 0.3 is 6.18 Å². The van der Waals surface area contributed by atoms with Crippen molar-refractivity contribution >= 4 is 22.7 Å². The maximum Gasteiger partial charge on any atom is 0.417 e. The molecule has 3 heterocycles. The van der Waals surface area contributed by atoms with E-state index < -0.39 is 11.7 Å². The zero-order valence-electron chi connectivity index (χ0n) is 14.7. The Balaban J connectivity index is 1.36. The van der Waals surface area contributed by atoms with Crippen LogP contribution in [0.2, 0.25) is 0 Å². The third-order valence-electron chi connectivity index (χ3n) is 4.73. The molecule has 1 aromatic carbocycles. The molecule has 1 fully saturated rings. The average molecular weight is 390 g/mol. The summed E-state index contributed by atoms with van der Waals surface area (Å²) in [4.78, 5) is 21.9. The maximum absolute atomic E-state index is 12.9. The predicted molar refractivity (Wildman–Crippen MR) is 95.7 cm³/mol. The first-order chi connectivity index (χ1) is 13.4. The summed E-state index contributed by atoms with van der Waals surface area (Å²) < 4.78 is 43.8. The van der Waals surface area contributed by atoms with E-state index in [-0.39, 0.29) is 18.4 Å². The number of hydrogen-bond acceptors (Lipinski definition) is 5. The summed E-state index contributed by atoms with van der Waals surface area (Å²) in [6, 6.07) is 6.33. The van der Waals surface area contributed by atoms with Crippen molar-refractivity contribution in [2.45, 2.75) is 25.1 Å². The van der Waals surface area contributed by atoms with Gasteiger partial charge in [0.25, 0.3) is 0 Å². The van der Waals surface area contributed by atoms with Crippen LogP contribution in [-0.2, 0) is 17.4 Å². The van der Waals surface area contributed by atoms with Crippen molar-refractivity contribution in [1.29, 1.82) is 0 Å². The zero-order chi connectivity index (χ0) is 19.7. The van der Waals surface area contributed by atoms with E-state index in [9.17, 15) is 18.0 Å². The van der Waals surface area contributed by atoms with Crippen LogP contribution in [0.1, 0.15) is 17.5 Å². The molecule has 6 nitrogen and oxygen atoms in total. The highest BCUT2D eigenvalue weighted by atomic mass is 19.4. The van der Waals surface area contributed by atoms with Crippen molar-refractivity contribution in [3.8, 4) is 0 Å². The Morgan fingerprint density at radius 1 is 1.29 bits per heavy atom. The molecule has 0 radical (unpaired) electrons. The van der Waals surface area contributed by atoms with Crippen molar-refractivity contribution in [3.63, 3.8) is 0 Å². The number of fused-ring (bicyclic) bond motifs is 1. The Hall–Kier alpha value is -3.10. The van der Waals surface area contributed by atoms with Gasteiger partial charge < -0.3 is 14.6 Å². The topological polar surface area (TPSA) is 71.3 Å². The number of hydrogen-bond donors (Lipinski definition) is 1. The first kappa shape index (κ1) is 18.3. The van der Waals surface area contributed by atoms with Crippen LogP contribution in [0.25, 0.3) is 11.1 Å². The monoisotopic (exact) mass is 390 g/mol. The molecule has 1 N–H and O–H groups in total. The van der Waals surface area contributed by atoms with Gasteiger partial charge in [-0.2, -0.15) is 13.2 Å². The fourth-order valence-electron chi connectivity index (χ4n) is 3.35. The average Bonchev–Trinajstić information content (AvgIpc) is 3.30. The highest BCUT2D eigenvalue weighted by molar-refractivity contribution is 5.81. The lowest BCUT2D eigenvalue weighted by Gasteiger charge is -2.20. The molecule has 0 saturated carbocycles. The second-order valence-electron chi connectivity index (χ2n) is 6.76. The van der Waals surface area contributed by atoms with Crippen LogP contribution in [-0.4, -0.2) is 35.0 Å². The number of nitrogens with one attached hydrogen (secondary N) is 1. The minimum Gasteiger partial charge on any atom is -0.443 e. The molecule has 1 aliphatic heterocycles. The van der Waals surface area contributed by atoms with Crippen LogP contribution in [0.15, 0.2) is 47.5 Å². The minimum atomic E-state index is -4.43. The number of carbonyl (C=O) groups excluding carboxylic acids is 1. The van der Waals surface area contributed by atoms with Gasteiger partial charge in [-0.15, -0.1) is 0 Å². The fraction of sp³-hybridized carbons (Fsp3) is 0.316. The molecule has 9 heteroatoms. The van der Waals surface area contributed by atoms with Gasteiger partial charge in [0, 0.05) is 25.3 Å². The minimum absolute atomic E-state index is 0.127. The van der Waals surface area contributed by atoms with E-state index in [1.165, 1.54) is 12.6 Å². The number of pyridine rings is 1. The molecule has 1 unspecified atom stereocenters. The summed E-state index contributed by atoms with van der Waals surface area (Å²) in [5.74, 6) is -0.142. The first-order valence-electron chi connectivity index (χ1n) is 8.77. The number of anilines is 1. The van der Waals surface area contributed by atoms with Crippen LogP contribution in [0.4, 0.5) is 18.9 Å². The summed E-state index contributed by atoms with van der Waals surface area (Å²) in [6.45, 7) is 0.996. The van der Waals surface area contributed by atoms with Gasteiger partial charge in [0.05, 0.1) is 23.9 Å². The first-order valence-corrected chi connectivity index (χ1v) is 8.77. The molecule has 0 spiro atoms. The van der Waals surface area contributed by atoms with Crippen molar-refractivity contribution in [2.24, 2.45) is 0 Å². The number of rotatable bonds is 4. The highest BCUT2D eigenvalue weighted by Gasteiger charge is 2.32. The second kappa shape index (κ2) is 7.14. The van der Waals surface area contributed by atoms with Gasteiger partial charge in [-0.05, 0) is 30.2 Å². The molecular weight excluding hydrogens is 373 g/mol. The fourth-order valence-corrected chi connectivity index (χ4v) is 3.35. The Kier molecular flexibility index (Phi) is 4.66. The van der Waals surface area contributed by atoms with Gasteiger partial charge in [-0.25, -0.2) is 4.98 Å². The van der Waals surface area contributed by atoms with Crippen molar-refractivity contribution in [1.82, 2.24) is 15.3 Å². The number of benzene rings is 1. The molecule has 28 heavy (non-hydrogen) atoms. The molecule has 1 amide bonds. The largest absolute Gasteiger partial charge is 0.443 e. The molecule has 0 aliphatic carbocycles. The van der Waals surface area contributed by atoms with Gasteiger partial charge in [-0.1, -0.05) is 6.07 Å². The summed E-state index contributed by atoms with van der Waals surface area (Å²) in [6.07, 6.45) is -0.00259. The number of halogens is 3. The SMILES string of the molecule is O=C(Cc1ccc2ocnc2c1)NC1CCN(c2cncc(C(F)(F)F)c2)C1. The third kappa shape index (κ3) is 3.92. The quantitative estimate of drug-likeness (QED) is 0.741. The van der Waals surface area contributed by atoms with E-state index in [0.717, 1.165) is 17.8 Å². The molecule has 4 rings (SSSR count). The maximum atomic E-state index is 12.9. The highest BCUT2D eigenvalue weighted by Crippen LogP contribution is 2.31. The van der Waals surface area contributed by atoms with E-state index in [4.69, 9.17) is 4.42 Å². The lowest BCUT2D eigenvalue weighted by molar-refractivity contribution is -0.137. The standard InChI is InChI=1S/C19H17F3N4O2/c20-19(21,22)13-7-15(9-23-8-13)26-4-3-14(10-26)25-18(27)6-12-1-2-17-16(5-12)24-11-28-17/h1-2,5,7-9,11,14H,3-4,6,10H2,(H,25,27). The van der Waals surface area contributed by atoms with E-state index in [1.807, 2.05) is 6.07 Å². The predicted octanol–water partition coefficient (Wildman–Crippen LogP) is 3.18. The molecule has 2 aromatic heterocycles. The summed E-state index contributed by atoms with van der Waals surface area (Å²) in [5, 5.41) is 2.95.